The molecule has 7 heteroatoms. The van der Waals surface area contributed by atoms with E-state index < -0.39 is 25.6 Å². The molecule has 0 bridgehead atoms. The van der Waals surface area contributed by atoms with Crippen LogP contribution in [0.3, 0.4) is 0 Å². The first-order chi connectivity index (χ1) is 17.5. The molecule has 0 unspecified atom stereocenters. The predicted molar refractivity (Wildman–Crippen MR) is 158 cm³/mol. The molecule has 0 aromatic carbocycles. The number of carbonyl (C=O) groups excluding carboxylic acids is 2. The van der Waals surface area contributed by atoms with Crippen molar-refractivity contribution in [1.29, 1.82) is 0 Å². The maximum atomic E-state index is 13.1. The summed E-state index contributed by atoms with van der Waals surface area (Å²) < 4.78 is 23.9. The van der Waals surface area contributed by atoms with Gasteiger partial charge in [0.1, 0.15) is 6.29 Å². The fraction of sp³-hybridized carbons (Fsp3) is 0.742. The van der Waals surface area contributed by atoms with Gasteiger partial charge in [0.15, 0.2) is 14.1 Å². The van der Waals surface area contributed by atoms with E-state index in [2.05, 4.69) is 65.1 Å². The van der Waals surface area contributed by atoms with Crippen molar-refractivity contribution in [3.05, 3.63) is 35.5 Å². The Morgan fingerprint density at radius 2 is 1.74 bits per heavy atom. The Morgan fingerprint density at radius 3 is 2.32 bits per heavy atom. The van der Waals surface area contributed by atoms with E-state index >= 15 is 0 Å². The summed E-state index contributed by atoms with van der Waals surface area (Å²) in [5, 5.41) is 0.216. The van der Waals surface area contributed by atoms with E-state index in [0.717, 1.165) is 24.7 Å². The Bertz CT molecular complexity index is 864. The van der Waals surface area contributed by atoms with Crippen LogP contribution in [-0.2, 0) is 28.2 Å². The van der Waals surface area contributed by atoms with E-state index in [1.54, 1.807) is 0 Å². The average Bonchev–Trinajstić information content (AvgIpc) is 2.79. The maximum Gasteiger partial charge on any atom is 0.314 e. The molecule has 0 aromatic heterocycles. The standard InChI is InChI=1S/C31H54O6Si/c1-12-34-28(33)31(9,27-22-26(19-21-32)36-30(7,8)37-27)20-18-24(2)16-14-13-15-17-25(3)23-35-38(10,11)29(4,5)6/h14,16-18,21,26-27H,12-13,15,19-20,22-23H2,1-11H3/b16-14+,24-18+,25-17+/t26-,27-,31-/m1/s1. The quantitative estimate of drug-likeness (QED) is 0.0551. The van der Waals surface area contributed by atoms with Gasteiger partial charge in [-0.15, -0.1) is 0 Å². The minimum absolute atomic E-state index is 0.216. The number of aldehydes is 1. The van der Waals surface area contributed by atoms with E-state index in [9.17, 15) is 9.59 Å². The van der Waals surface area contributed by atoms with Gasteiger partial charge in [0.25, 0.3) is 0 Å². The first kappa shape index (κ1) is 34.5. The molecule has 218 valence electrons. The van der Waals surface area contributed by atoms with Crippen LogP contribution >= 0.6 is 0 Å². The Kier molecular flexibility index (Phi) is 13.4. The third kappa shape index (κ3) is 10.9. The Balaban J connectivity index is 2.80. The largest absolute Gasteiger partial charge is 0.465 e. The summed E-state index contributed by atoms with van der Waals surface area (Å²) in [5.74, 6) is -1.18. The van der Waals surface area contributed by atoms with Crippen LogP contribution in [0.25, 0.3) is 0 Å². The van der Waals surface area contributed by atoms with Crippen LogP contribution in [0.15, 0.2) is 35.5 Å². The van der Waals surface area contributed by atoms with Crippen LogP contribution in [0.1, 0.15) is 94.4 Å². The number of hydrogen-bond donors (Lipinski definition) is 0. The van der Waals surface area contributed by atoms with E-state index in [1.165, 1.54) is 5.57 Å². The van der Waals surface area contributed by atoms with Crippen LogP contribution in [0.2, 0.25) is 18.1 Å². The molecule has 0 spiro atoms. The molecule has 0 radical (unpaired) electrons. The van der Waals surface area contributed by atoms with Gasteiger partial charge in [0, 0.05) is 12.8 Å². The number of hydrogen-bond acceptors (Lipinski definition) is 6. The molecule has 6 nitrogen and oxygen atoms in total. The number of esters is 1. The predicted octanol–water partition coefficient (Wildman–Crippen LogP) is 7.70. The van der Waals surface area contributed by atoms with Crippen molar-refractivity contribution in [1.82, 2.24) is 0 Å². The van der Waals surface area contributed by atoms with Gasteiger partial charge >= 0.3 is 5.97 Å². The highest BCUT2D eigenvalue weighted by Crippen LogP contribution is 2.41. The topological polar surface area (TPSA) is 71.1 Å². The van der Waals surface area contributed by atoms with Crippen LogP contribution < -0.4 is 0 Å². The Hall–Kier alpha value is -1.54. The summed E-state index contributed by atoms with van der Waals surface area (Å²) in [6.45, 7) is 23.9. The Morgan fingerprint density at radius 1 is 1.08 bits per heavy atom. The monoisotopic (exact) mass is 550 g/mol. The molecule has 0 N–H and O–H groups in total. The molecular formula is C31H54O6Si. The van der Waals surface area contributed by atoms with Gasteiger partial charge in [-0.3, -0.25) is 4.79 Å². The number of allylic oxidation sites excluding steroid dienone is 5. The van der Waals surface area contributed by atoms with Crippen molar-refractivity contribution in [3.63, 3.8) is 0 Å². The minimum Gasteiger partial charge on any atom is -0.465 e. The first-order valence-corrected chi connectivity index (χ1v) is 17.0. The van der Waals surface area contributed by atoms with Gasteiger partial charge in [-0.2, -0.15) is 0 Å². The second-order valence-corrected chi connectivity index (χ2v) is 17.6. The zero-order chi connectivity index (χ0) is 29.2. The van der Waals surface area contributed by atoms with Gasteiger partial charge in [0.05, 0.1) is 30.8 Å². The second kappa shape index (κ2) is 14.7. The van der Waals surface area contributed by atoms with Crippen LogP contribution in [0.5, 0.6) is 0 Å². The maximum absolute atomic E-state index is 13.1. The highest BCUT2D eigenvalue weighted by Gasteiger charge is 2.49. The molecule has 1 fully saturated rings. The molecule has 1 rings (SSSR count). The van der Waals surface area contributed by atoms with Gasteiger partial charge in [-0.05, 0) is 78.9 Å². The zero-order valence-corrected chi connectivity index (χ0v) is 26.9. The average molecular weight is 551 g/mol. The lowest BCUT2D eigenvalue weighted by Gasteiger charge is -2.46. The molecule has 1 saturated heterocycles. The van der Waals surface area contributed by atoms with Crippen molar-refractivity contribution in [2.75, 3.05) is 13.2 Å². The number of unbranched alkanes of at least 4 members (excludes halogenated alkanes) is 1. The molecule has 0 amide bonds. The lowest BCUT2D eigenvalue weighted by molar-refractivity contribution is -0.315. The van der Waals surface area contributed by atoms with Gasteiger partial charge in [-0.25, -0.2) is 0 Å². The summed E-state index contributed by atoms with van der Waals surface area (Å²) >= 11 is 0. The molecule has 3 atom stereocenters. The van der Waals surface area contributed by atoms with Gasteiger partial charge in [-0.1, -0.05) is 56.2 Å². The lowest BCUT2D eigenvalue weighted by atomic mass is 9.77. The van der Waals surface area contributed by atoms with Crippen molar-refractivity contribution in [3.8, 4) is 0 Å². The minimum atomic E-state index is -1.73. The highest BCUT2D eigenvalue weighted by molar-refractivity contribution is 6.74. The fourth-order valence-corrected chi connectivity index (χ4v) is 5.12. The van der Waals surface area contributed by atoms with E-state index in [1.807, 2.05) is 34.6 Å². The van der Waals surface area contributed by atoms with Crippen LogP contribution in [0.4, 0.5) is 0 Å². The summed E-state index contributed by atoms with van der Waals surface area (Å²) in [6, 6.07) is 0. The molecule has 1 aliphatic heterocycles. The van der Waals surface area contributed by atoms with Crippen LogP contribution in [-0.4, -0.2) is 51.8 Å². The van der Waals surface area contributed by atoms with Gasteiger partial charge in [0.2, 0.25) is 0 Å². The van der Waals surface area contributed by atoms with Crippen molar-refractivity contribution in [2.45, 2.75) is 131 Å². The van der Waals surface area contributed by atoms with Gasteiger partial charge < -0.3 is 23.4 Å². The third-order valence-corrected chi connectivity index (χ3v) is 12.2. The van der Waals surface area contributed by atoms with Crippen LogP contribution in [0, 0.1) is 5.41 Å². The van der Waals surface area contributed by atoms with E-state index in [-0.39, 0.29) is 23.5 Å². The highest BCUT2D eigenvalue weighted by atomic mass is 28.4. The van der Waals surface area contributed by atoms with Crippen molar-refractivity contribution in [2.24, 2.45) is 5.41 Å². The van der Waals surface area contributed by atoms with E-state index in [0.29, 0.717) is 26.1 Å². The molecule has 38 heavy (non-hydrogen) atoms. The molecule has 1 aliphatic rings. The Labute approximate surface area is 233 Å². The number of ether oxygens (including phenoxy) is 3. The summed E-state index contributed by atoms with van der Waals surface area (Å²) in [4.78, 5) is 24.3. The smallest absolute Gasteiger partial charge is 0.314 e. The molecule has 0 aromatic rings. The fourth-order valence-electron chi connectivity index (χ4n) is 4.10. The van der Waals surface area contributed by atoms with Crippen molar-refractivity contribution < 1.29 is 28.2 Å². The molecular weight excluding hydrogens is 496 g/mol. The summed E-state index contributed by atoms with van der Waals surface area (Å²) in [7, 11) is -1.73. The SMILES string of the molecule is CCOC(=O)[C@](C)(C/C=C(C)/C=C/CC/C=C(\C)CO[Si](C)(C)C(C)(C)C)[C@H]1C[C@@H](CC=O)OC(C)(C)O1. The summed E-state index contributed by atoms with van der Waals surface area (Å²) in [5.41, 5.74) is 1.46. The van der Waals surface area contributed by atoms with E-state index in [4.69, 9.17) is 18.6 Å². The third-order valence-electron chi connectivity index (χ3n) is 7.69. The lowest BCUT2D eigenvalue weighted by Crippen LogP contribution is -2.53. The van der Waals surface area contributed by atoms with Crippen molar-refractivity contribution >= 4 is 20.6 Å². The molecule has 1 heterocycles. The molecule has 0 saturated carbocycles. The number of carbonyl (C=O) groups is 2. The summed E-state index contributed by atoms with van der Waals surface area (Å²) in [6.07, 6.45) is 11.8. The zero-order valence-electron chi connectivity index (χ0n) is 25.9. The second-order valence-electron chi connectivity index (χ2n) is 12.8. The normalized spacial score (nSPS) is 22.8. The molecule has 0 aliphatic carbocycles. The first-order valence-electron chi connectivity index (χ1n) is 14.1. The number of rotatable bonds is 14.